The monoisotopic (exact) mass is 250 g/mol. The van der Waals surface area contributed by atoms with E-state index in [2.05, 4.69) is 15.4 Å². The number of nitrogens with one attached hydrogen (secondary N) is 1. The van der Waals surface area contributed by atoms with Crippen LogP contribution in [0, 0.1) is 13.8 Å². The fraction of sp³-hybridized carbons (Fsp3) is 0.364. The van der Waals surface area contributed by atoms with Gasteiger partial charge in [0.25, 0.3) is 5.91 Å². The Morgan fingerprint density at radius 1 is 1.53 bits per heavy atom. The van der Waals surface area contributed by atoms with Crippen LogP contribution >= 0.6 is 11.3 Å². The van der Waals surface area contributed by atoms with E-state index in [0.29, 0.717) is 17.4 Å². The largest absolute Gasteiger partial charge is 0.296 e. The minimum absolute atomic E-state index is 0.168. The maximum Gasteiger partial charge on any atom is 0.275 e. The van der Waals surface area contributed by atoms with E-state index in [1.807, 2.05) is 20.8 Å². The molecule has 2 aromatic heterocycles. The van der Waals surface area contributed by atoms with E-state index < -0.39 is 0 Å². The molecule has 2 rings (SSSR count). The smallest absolute Gasteiger partial charge is 0.275 e. The Morgan fingerprint density at radius 2 is 2.29 bits per heavy atom. The molecule has 0 saturated carbocycles. The molecule has 2 aromatic rings. The average Bonchev–Trinajstić information content (AvgIpc) is 2.86. The van der Waals surface area contributed by atoms with Crippen LogP contribution in [-0.2, 0) is 6.54 Å². The molecule has 5 nitrogen and oxygen atoms in total. The topological polar surface area (TPSA) is 59.8 Å². The van der Waals surface area contributed by atoms with Gasteiger partial charge in [-0.3, -0.25) is 14.8 Å². The lowest BCUT2D eigenvalue weighted by molar-refractivity contribution is 0.101. The number of amides is 1. The number of hydrogen-bond acceptors (Lipinski definition) is 4. The lowest BCUT2D eigenvalue weighted by Crippen LogP contribution is -2.17. The number of rotatable bonds is 3. The fourth-order valence-electron chi connectivity index (χ4n) is 1.46. The first-order chi connectivity index (χ1) is 8.11. The van der Waals surface area contributed by atoms with Gasteiger partial charge in [-0.05, 0) is 26.8 Å². The number of thiazole rings is 1. The Bertz CT molecular complexity index is 524. The van der Waals surface area contributed by atoms with Gasteiger partial charge in [0.1, 0.15) is 5.69 Å². The van der Waals surface area contributed by atoms with Gasteiger partial charge in [-0.2, -0.15) is 5.10 Å². The number of aromatic nitrogens is 3. The summed E-state index contributed by atoms with van der Waals surface area (Å²) in [4.78, 5) is 17.4. The summed E-state index contributed by atoms with van der Waals surface area (Å²) in [5, 5.41) is 7.48. The highest BCUT2D eigenvalue weighted by Gasteiger charge is 2.13. The summed E-state index contributed by atoms with van der Waals surface area (Å²) in [6.07, 6.45) is 1.62. The molecule has 6 heteroatoms. The van der Waals surface area contributed by atoms with Crippen molar-refractivity contribution >= 4 is 22.4 Å². The standard InChI is InChI=1S/C11H14N4OS/c1-4-15-9(5-6-12-15)10(16)14-11-13-7(2)8(3)17-11/h5-6H,4H2,1-3H3,(H,13,14,16). The van der Waals surface area contributed by atoms with Gasteiger partial charge >= 0.3 is 0 Å². The molecule has 0 aromatic carbocycles. The average molecular weight is 250 g/mol. The molecular weight excluding hydrogens is 236 g/mol. The van der Waals surface area contributed by atoms with Crippen LogP contribution in [0.4, 0.5) is 5.13 Å². The van der Waals surface area contributed by atoms with Crippen molar-refractivity contribution in [2.75, 3.05) is 5.32 Å². The maximum absolute atomic E-state index is 12.0. The number of anilines is 1. The van der Waals surface area contributed by atoms with E-state index in [-0.39, 0.29) is 5.91 Å². The summed E-state index contributed by atoms with van der Waals surface area (Å²) in [6.45, 7) is 6.53. The van der Waals surface area contributed by atoms with Crippen molar-refractivity contribution in [2.24, 2.45) is 0 Å². The first kappa shape index (κ1) is 11.8. The predicted molar refractivity (Wildman–Crippen MR) is 67.4 cm³/mol. The Morgan fingerprint density at radius 3 is 2.88 bits per heavy atom. The number of hydrogen-bond donors (Lipinski definition) is 1. The van der Waals surface area contributed by atoms with E-state index in [0.717, 1.165) is 10.6 Å². The molecule has 0 bridgehead atoms. The summed E-state index contributed by atoms with van der Waals surface area (Å²) in [5.74, 6) is -0.168. The molecule has 1 amide bonds. The van der Waals surface area contributed by atoms with Gasteiger partial charge in [-0.1, -0.05) is 0 Å². The van der Waals surface area contributed by atoms with Gasteiger partial charge in [0.05, 0.1) is 5.69 Å². The zero-order chi connectivity index (χ0) is 12.4. The molecule has 0 saturated heterocycles. The number of nitrogens with zero attached hydrogens (tertiary/aromatic N) is 3. The second-order valence-electron chi connectivity index (χ2n) is 3.65. The van der Waals surface area contributed by atoms with Crippen LogP contribution < -0.4 is 5.32 Å². The van der Waals surface area contributed by atoms with E-state index in [1.54, 1.807) is 16.9 Å². The van der Waals surface area contributed by atoms with E-state index in [4.69, 9.17) is 0 Å². The van der Waals surface area contributed by atoms with Crippen LogP contribution in [0.25, 0.3) is 0 Å². The predicted octanol–water partition coefficient (Wildman–Crippen LogP) is 2.23. The van der Waals surface area contributed by atoms with Crippen LogP contribution in [0.1, 0.15) is 28.0 Å². The normalized spacial score (nSPS) is 10.5. The molecule has 0 atom stereocenters. The molecule has 90 valence electrons. The third-order valence-electron chi connectivity index (χ3n) is 2.50. The number of carbonyl (C=O) groups is 1. The first-order valence-corrected chi connectivity index (χ1v) is 6.20. The Kier molecular flexibility index (Phi) is 3.23. The highest BCUT2D eigenvalue weighted by molar-refractivity contribution is 7.15. The van der Waals surface area contributed by atoms with Crippen molar-refractivity contribution < 1.29 is 4.79 Å². The molecule has 17 heavy (non-hydrogen) atoms. The third-order valence-corrected chi connectivity index (χ3v) is 3.49. The second kappa shape index (κ2) is 4.67. The Labute approximate surface area is 103 Å². The molecule has 0 aliphatic heterocycles. The number of carbonyl (C=O) groups excluding carboxylic acids is 1. The zero-order valence-electron chi connectivity index (χ0n) is 10.0. The van der Waals surface area contributed by atoms with Gasteiger partial charge in [-0.25, -0.2) is 4.98 Å². The van der Waals surface area contributed by atoms with E-state index in [1.165, 1.54) is 11.3 Å². The maximum atomic E-state index is 12.0. The second-order valence-corrected chi connectivity index (χ2v) is 4.85. The van der Waals surface area contributed by atoms with E-state index >= 15 is 0 Å². The minimum atomic E-state index is -0.168. The summed E-state index contributed by atoms with van der Waals surface area (Å²) >= 11 is 1.48. The number of aryl methyl sites for hydroxylation is 3. The Hall–Kier alpha value is -1.69. The summed E-state index contributed by atoms with van der Waals surface area (Å²) in [5.41, 5.74) is 1.51. The summed E-state index contributed by atoms with van der Waals surface area (Å²) in [6, 6.07) is 1.70. The zero-order valence-corrected chi connectivity index (χ0v) is 10.8. The van der Waals surface area contributed by atoms with Crippen LogP contribution in [0.5, 0.6) is 0 Å². The van der Waals surface area contributed by atoms with Crippen LogP contribution in [0.3, 0.4) is 0 Å². The van der Waals surface area contributed by atoms with Crippen molar-refractivity contribution in [2.45, 2.75) is 27.3 Å². The minimum Gasteiger partial charge on any atom is -0.296 e. The van der Waals surface area contributed by atoms with E-state index in [9.17, 15) is 4.79 Å². The van der Waals surface area contributed by atoms with Crippen molar-refractivity contribution in [3.8, 4) is 0 Å². The molecule has 0 radical (unpaired) electrons. The van der Waals surface area contributed by atoms with Gasteiger partial charge in [0, 0.05) is 17.6 Å². The van der Waals surface area contributed by atoms with Crippen molar-refractivity contribution in [1.82, 2.24) is 14.8 Å². The summed E-state index contributed by atoms with van der Waals surface area (Å²) < 4.78 is 1.66. The third kappa shape index (κ3) is 2.36. The quantitative estimate of drug-likeness (QED) is 0.908. The van der Waals surface area contributed by atoms with Crippen molar-refractivity contribution in [1.29, 1.82) is 0 Å². The molecular formula is C11H14N4OS. The first-order valence-electron chi connectivity index (χ1n) is 5.39. The van der Waals surface area contributed by atoms with Crippen LogP contribution in [-0.4, -0.2) is 20.7 Å². The molecule has 2 heterocycles. The highest BCUT2D eigenvalue weighted by Crippen LogP contribution is 2.21. The molecule has 1 N–H and O–H groups in total. The van der Waals surface area contributed by atoms with Gasteiger partial charge < -0.3 is 0 Å². The summed E-state index contributed by atoms with van der Waals surface area (Å²) in [7, 11) is 0. The highest BCUT2D eigenvalue weighted by atomic mass is 32.1. The van der Waals surface area contributed by atoms with Crippen LogP contribution in [0.15, 0.2) is 12.3 Å². The molecule has 0 unspecified atom stereocenters. The lowest BCUT2D eigenvalue weighted by Gasteiger charge is -2.03. The molecule has 0 aliphatic carbocycles. The molecule has 0 fully saturated rings. The fourth-order valence-corrected chi connectivity index (χ4v) is 2.27. The molecule has 0 spiro atoms. The molecule has 0 aliphatic rings. The van der Waals surface area contributed by atoms with Crippen LogP contribution in [0.2, 0.25) is 0 Å². The lowest BCUT2D eigenvalue weighted by atomic mass is 10.4. The van der Waals surface area contributed by atoms with Gasteiger partial charge in [0.2, 0.25) is 0 Å². The van der Waals surface area contributed by atoms with Gasteiger partial charge in [0.15, 0.2) is 5.13 Å². The van der Waals surface area contributed by atoms with Crippen molar-refractivity contribution in [3.63, 3.8) is 0 Å². The van der Waals surface area contributed by atoms with Gasteiger partial charge in [-0.15, -0.1) is 11.3 Å². The Balaban J connectivity index is 2.17. The SMILES string of the molecule is CCn1nccc1C(=O)Nc1nc(C)c(C)s1. The van der Waals surface area contributed by atoms with Crippen molar-refractivity contribution in [3.05, 3.63) is 28.5 Å².